The summed E-state index contributed by atoms with van der Waals surface area (Å²) in [6.45, 7) is 0. The second-order valence-electron chi connectivity index (χ2n) is 6.16. The molecule has 0 aliphatic carbocycles. The van der Waals surface area contributed by atoms with E-state index in [1.54, 1.807) is 0 Å². The molecule has 2 aromatic heterocycles. The van der Waals surface area contributed by atoms with Crippen LogP contribution in [-0.4, -0.2) is 28.3 Å². The molecule has 0 saturated carbocycles. The molecular weight excluding hydrogens is 286 g/mol. The molecule has 0 aliphatic heterocycles. The minimum atomic E-state index is -1.19. The Morgan fingerprint density at radius 3 is 1.65 bits per heavy atom. The number of nitrogens with zero attached hydrogens (tertiary/aromatic N) is 3. The first-order valence-electron chi connectivity index (χ1n) is 7.68. The zero-order chi connectivity index (χ0) is 16.6. The third-order valence-electron chi connectivity index (χ3n) is 4.43. The van der Waals surface area contributed by atoms with E-state index < -0.39 is 5.60 Å². The van der Waals surface area contributed by atoms with Gasteiger partial charge in [0.25, 0.3) is 0 Å². The lowest BCUT2D eigenvalue weighted by atomic mass is 9.86. The van der Waals surface area contributed by atoms with Crippen LogP contribution in [0, 0.1) is 0 Å². The van der Waals surface area contributed by atoms with Crippen molar-refractivity contribution >= 4 is 5.69 Å². The summed E-state index contributed by atoms with van der Waals surface area (Å²) < 4.78 is 3.93. The van der Waals surface area contributed by atoms with Crippen LogP contribution in [0.1, 0.15) is 17.0 Å². The molecule has 1 aromatic carbocycles. The SMILES string of the molecule is CN(C)c1ccc(C(O)(c2cccn2C)c2cccn2C)cc1. The van der Waals surface area contributed by atoms with E-state index in [0.29, 0.717) is 0 Å². The van der Waals surface area contributed by atoms with Crippen LogP contribution in [0.15, 0.2) is 60.9 Å². The number of aryl methyl sites for hydroxylation is 2. The molecule has 0 atom stereocenters. The molecule has 0 spiro atoms. The first kappa shape index (κ1) is 15.4. The Hall–Kier alpha value is -2.46. The van der Waals surface area contributed by atoms with Gasteiger partial charge in [-0.05, 0) is 42.0 Å². The van der Waals surface area contributed by atoms with Gasteiger partial charge in [-0.1, -0.05) is 12.1 Å². The van der Waals surface area contributed by atoms with E-state index in [1.807, 2.05) is 103 Å². The summed E-state index contributed by atoms with van der Waals surface area (Å²) in [6, 6.07) is 15.9. The molecule has 0 bridgehead atoms. The number of hydrogen-bond acceptors (Lipinski definition) is 2. The highest BCUT2D eigenvalue weighted by Gasteiger charge is 2.37. The van der Waals surface area contributed by atoms with Crippen molar-refractivity contribution in [3.63, 3.8) is 0 Å². The number of aliphatic hydroxyl groups is 1. The van der Waals surface area contributed by atoms with Crippen LogP contribution in [0.25, 0.3) is 0 Å². The van der Waals surface area contributed by atoms with E-state index in [2.05, 4.69) is 0 Å². The number of anilines is 1. The number of aromatic nitrogens is 2. The lowest BCUT2D eigenvalue weighted by molar-refractivity contribution is 0.109. The highest BCUT2D eigenvalue weighted by atomic mass is 16.3. The van der Waals surface area contributed by atoms with Crippen LogP contribution in [0.2, 0.25) is 0 Å². The molecule has 1 N–H and O–H groups in total. The largest absolute Gasteiger partial charge is 0.378 e. The summed E-state index contributed by atoms with van der Waals surface area (Å²) in [6.07, 6.45) is 3.91. The van der Waals surface area contributed by atoms with Crippen LogP contribution in [0.5, 0.6) is 0 Å². The van der Waals surface area contributed by atoms with Gasteiger partial charge in [0, 0.05) is 46.3 Å². The summed E-state index contributed by atoms with van der Waals surface area (Å²) in [4.78, 5) is 2.05. The molecule has 4 nitrogen and oxygen atoms in total. The average molecular weight is 309 g/mol. The zero-order valence-corrected chi connectivity index (χ0v) is 14.1. The Balaban J connectivity index is 2.21. The molecule has 4 heteroatoms. The molecule has 3 rings (SSSR count). The van der Waals surface area contributed by atoms with Crippen molar-refractivity contribution in [2.75, 3.05) is 19.0 Å². The minimum absolute atomic E-state index is 0.844. The highest BCUT2D eigenvalue weighted by molar-refractivity contribution is 5.51. The molecule has 0 amide bonds. The fourth-order valence-electron chi connectivity index (χ4n) is 3.10. The van der Waals surface area contributed by atoms with E-state index in [0.717, 1.165) is 22.6 Å². The van der Waals surface area contributed by atoms with E-state index >= 15 is 0 Å². The van der Waals surface area contributed by atoms with Gasteiger partial charge in [-0.2, -0.15) is 0 Å². The Morgan fingerprint density at radius 1 is 0.826 bits per heavy atom. The zero-order valence-electron chi connectivity index (χ0n) is 14.1. The maximum absolute atomic E-state index is 11.7. The first-order chi connectivity index (χ1) is 10.9. The number of benzene rings is 1. The van der Waals surface area contributed by atoms with Crippen molar-refractivity contribution in [2.24, 2.45) is 14.1 Å². The predicted molar refractivity (Wildman–Crippen MR) is 93.7 cm³/mol. The van der Waals surface area contributed by atoms with Crippen LogP contribution < -0.4 is 4.90 Å². The summed E-state index contributed by atoms with van der Waals surface area (Å²) in [5.74, 6) is 0. The number of rotatable bonds is 4. The van der Waals surface area contributed by atoms with Gasteiger partial charge in [-0.25, -0.2) is 0 Å². The van der Waals surface area contributed by atoms with Gasteiger partial charge in [-0.3, -0.25) is 0 Å². The Kier molecular flexibility index (Phi) is 3.78. The second-order valence-corrected chi connectivity index (χ2v) is 6.16. The van der Waals surface area contributed by atoms with E-state index in [-0.39, 0.29) is 0 Å². The van der Waals surface area contributed by atoms with Crippen molar-refractivity contribution in [2.45, 2.75) is 5.60 Å². The van der Waals surface area contributed by atoms with E-state index in [9.17, 15) is 5.11 Å². The highest BCUT2D eigenvalue weighted by Crippen LogP contribution is 2.37. The quantitative estimate of drug-likeness (QED) is 0.804. The topological polar surface area (TPSA) is 33.3 Å². The second kappa shape index (κ2) is 5.63. The van der Waals surface area contributed by atoms with Crippen molar-refractivity contribution < 1.29 is 5.11 Å². The van der Waals surface area contributed by atoms with Crippen molar-refractivity contribution in [3.05, 3.63) is 77.9 Å². The summed E-state index contributed by atoms with van der Waals surface area (Å²) >= 11 is 0. The molecule has 3 aromatic rings. The van der Waals surface area contributed by atoms with Crippen LogP contribution in [-0.2, 0) is 19.7 Å². The van der Waals surface area contributed by atoms with Gasteiger partial charge < -0.3 is 19.1 Å². The molecular formula is C19H23N3O. The fourth-order valence-corrected chi connectivity index (χ4v) is 3.10. The normalized spacial score (nSPS) is 11.7. The van der Waals surface area contributed by atoms with E-state index in [4.69, 9.17) is 0 Å². The van der Waals surface area contributed by atoms with Crippen molar-refractivity contribution in [1.29, 1.82) is 0 Å². The van der Waals surface area contributed by atoms with Gasteiger partial charge in [0.05, 0.1) is 11.4 Å². The Bertz CT molecular complexity index is 756. The van der Waals surface area contributed by atoms with Crippen LogP contribution in [0.3, 0.4) is 0 Å². The standard InChI is InChI=1S/C19H23N3O/c1-20(2)16-11-9-15(10-12-16)19(23,17-7-5-13-21(17)3)18-8-6-14-22(18)4/h5-14,23H,1-4H3. The Morgan fingerprint density at radius 2 is 1.30 bits per heavy atom. The molecule has 2 heterocycles. The lowest BCUT2D eigenvalue weighted by Gasteiger charge is -2.31. The number of hydrogen-bond donors (Lipinski definition) is 1. The lowest BCUT2D eigenvalue weighted by Crippen LogP contribution is -2.33. The monoisotopic (exact) mass is 309 g/mol. The van der Waals surface area contributed by atoms with Gasteiger partial charge in [-0.15, -0.1) is 0 Å². The smallest absolute Gasteiger partial charge is 0.170 e. The minimum Gasteiger partial charge on any atom is -0.378 e. The van der Waals surface area contributed by atoms with Gasteiger partial charge in [0.2, 0.25) is 0 Å². The summed E-state index contributed by atoms with van der Waals surface area (Å²) in [7, 11) is 7.93. The molecule has 0 unspecified atom stereocenters. The maximum atomic E-state index is 11.7. The molecule has 23 heavy (non-hydrogen) atoms. The van der Waals surface area contributed by atoms with Crippen molar-refractivity contribution in [3.8, 4) is 0 Å². The van der Waals surface area contributed by atoms with Crippen LogP contribution >= 0.6 is 0 Å². The predicted octanol–water partition coefficient (Wildman–Crippen LogP) is 2.71. The molecule has 0 saturated heterocycles. The molecule has 0 radical (unpaired) electrons. The molecule has 120 valence electrons. The van der Waals surface area contributed by atoms with Gasteiger partial charge in [0.1, 0.15) is 0 Å². The van der Waals surface area contributed by atoms with Gasteiger partial charge in [0.15, 0.2) is 5.60 Å². The average Bonchev–Trinajstić information content (AvgIpc) is 3.15. The molecule has 0 fully saturated rings. The van der Waals surface area contributed by atoms with E-state index in [1.165, 1.54) is 0 Å². The maximum Gasteiger partial charge on any atom is 0.170 e. The summed E-state index contributed by atoms with van der Waals surface area (Å²) in [5, 5.41) is 11.7. The third-order valence-corrected chi connectivity index (χ3v) is 4.43. The van der Waals surface area contributed by atoms with Gasteiger partial charge >= 0.3 is 0 Å². The van der Waals surface area contributed by atoms with Crippen molar-refractivity contribution in [1.82, 2.24) is 9.13 Å². The Labute approximate surface area is 137 Å². The first-order valence-corrected chi connectivity index (χ1v) is 7.68. The summed E-state index contributed by atoms with van der Waals surface area (Å²) in [5.41, 5.74) is 2.46. The molecule has 0 aliphatic rings. The van der Waals surface area contributed by atoms with Crippen LogP contribution in [0.4, 0.5) is 5.69 Å². The fraction of sp³-hybridized carbons (Fsp3) is 0.263. The third kappa shape index (κ3) is 2.45.